The number of nitrogens with two attached hydrogens (primary N) is 5. The molecule has 0 spiro atoms. The van der Waals surface area contributed by atoms with Gasteiger partial charge in [-0.05, 0) is 145 Å². The average molecular weight is 2050 g/mol. The standard InChI is InChI=1S/C17H11Cl2N9O.C17H10Cl2N6O.C9H5Cl2N5O.C9H4Cl2N4O.C9H5Cl2N3.C8H6BrN.C6H6Cl2N2.C5H7NO2/c18-10-5-12-13(6-11(10)19)28(17(21-12)14-15(20)25-29-24-14)7-8-1-3-9(4-2-8)16-22-26-27-23-16;1-21-10-4-2-9(3-5-10)8-25-14-7-12(19)11(18)6-13(14)22-17(25)15-16(20)24-26-23-15;10-3-1-5-6(2-4(3)11)14-9(13-5)7-8(12)16-17-15-7;10-4-1-6-7(2-5(4)11)14-9(13-6)8(3-12)15-16;10-5-3-7-8(4-6(5)11)14-9(13-7)1-2-12;9-5-7-1-3-8(6-10)4-2-7;7-3-1-5(9)6(10)2-4(3)8;1-2-8-5(7)3-4-6/h1-6H,7H2,(H2,20,25)(H,22,23,26,27);2-7H,8H2,(H2,20,24);1-2H,(H2,12,16)(H,13,14);1-2,16H,(H,13,14);3-4H,1H2,(H,13,14);1-4H,5H2;1-2H,9-10H2;2-3H2,1H3/b;;;15-8+;;;;. The maximum Gasteiger partial charge on any atom is 0.320 e. The van der Waals surface area contributed by atoms with Crippen LogP contribution in [-0.2, 0) is 34.4 Å². The van der Waals surface area contributed by atoms with Gasteiger partial charge < -0.3 is 62.7 Å². The zero-order chi connectivity index (χ0) is 93.6. The first kappa shape index (κ1) is 96.8. The average Bonchev–Trinajstić information content (AvgIpc) is 1.62. The van der Waals surface area contributed by atoms with E-state index in [0.717, 1.165) is 49.6 Å². The minimum Gasteiger partial charge on any atom is -0.465 e. The fourth-order valence-corrected chi connectivity index (χ4v) is 13.5. The fraction of sp³-hybridized carbons (Fsp3) is 0.0875. The van der Waals surface area contributed by atoms with Crippen molar-refractivity contribution in [1.29, 1.82) is 21.0 Å². The number of nitriles is 4. The molecule has 50 heteroatoms. The Hall–Kier alpha value is -13.8. The molecule has 0 aliphatic heterocycles. The Balaban J connectivity index is 0.000000149. The minimum absolute atomic E-state index is 0.141. The number of oxime groups is 1. The van der Waals surface area contributed by atoms with Crippen LogP contribution >= 0.6 is 155 Å². The number of hydrogen-bond donors (Lipinski definition) is 10. The van der Waals surface area contributed by atoms with Crippen LogP contribution in [0.4, 0.5) is 34.5 Å². The molecule has 0 amide bonds. The molecule has 37 nitrogen and oxygen atoms in total. The van der Waals surface area contributed by atoms with Gasteiger partial charge in [0.05, 0.1) is 170 Å². The Bertz CT molecular complexity index is 7200. The van der Waals surface area contributed by atoms with Crippen molar-refractivity contribution in [1.82, 2.24) is 101 Å². The zero-order valence-electron chi connectivity index (χ0n) is 65.7. The number of hydrogen-bond acceptors (Lipinski definition) is 30. The Kier molecular flexibility index (Phi) is 33.7. The van der Waals surface area contributed by atoms with Gasteiger partial charge in [0, 0.05) is 24.0 Å². The summed E-state index contributed by atoms with van der Waals surface area (Å²) < 4.78 is 22.2. The van der Waals surface area contributed by atoms with Crippen molar-refractivity contribution < 1.29 is 28.6 Å². The normalized spacial score (nSPS) is 10.6. The highest BCUT2D eigenvalue weighted by atomic mass is 79.9. The molecule has 18 rings (SSSR count). The number of nitrogens with zero attached hydrogens (tertiary/aromatic N) is 22. The van der Waals surface area contributed by atoms with Gasteiger partial charge in [0.15, 0.2) is 63.5 Å². The zero-order valence-corrected chi connectivity index (χ0v) is 76.4. The molecule has 9 heterocycles. The van der Waals surface area contributed by atoms with Crippen LogP contribution in [0.2, 0.25) is 60.3 Å². The molecule has 15 N–H and O–H groups in total. The number of fused-ring (bicyclic) bond motifs is 5. The number of carbonyl (C=O) groups excluding carboxylic acids is 1. The maximum absolute atomic E-state index is 10.2. The molecular formula is C80H54BrCl12N31O6. The van der Waals surface area contributed by atoms with Crippen molar-refractivity contribution in [2.75, 3.05) is 35.3 Å². The van der Waals surface area contributed by atoms with E-state index in [2.05, 4.69) is 133 Å². The predicted octanol–water partition coefficient (Wildman–Crippen LogP) is 20.9. The van der Waals surface area contributed by atoms with E-state index in [0.29, 0.717) is 176 Å². The van der Waals surface area contributed by atoms with Crippen molar-refractivity contribution >= 4 is 257 Å². The third-order valence-electron chi connectivity index (χ3n) is 17.3. The summed E-state index contributed by atoms with van der Waals surface area (Å²) in [6.07, 6.45) is 0.109. The lowest BCUT2D eigenvalue weighted by atomic mass is 10.1. The van der Waals surface area contributed by atoms with E-state index in [1.165, 1.54) is 17.7 Å². The first-order valence-electron chi connectivity index (χ1n) is 36.3. The van der Waals surface area contributed by atoms with Crippen LogP contribution in [0.3, 0.4) is 0 Å². The molecule has 9 aromatic carbocycles. The van der Waals surface area contributed by atoms with Crippen molar-refractivity contribution in [3.8, 4) is 70.2 Å². The van der Waals surface area contributed by atoms with Gasteiger partial charge in [0.25, 0.3) is 0 Å². The number of carbonyl (C=O) groups is 1. The second-order valence-corrected chi connectivity index (χ2v) is 31.3. The molecule has 0 saturated heterocycles. The lowest BCUT2D eigenvalue weighted by Crippen LogP contribution is -2.04. The van der Waals surface area contributed by atoms with E-state index >= 15 is 0 Å². The first-order chi connectivity index (χ1) is 62.4. The summed E-state index contributed by atoms with van der Waals surface area (Å²) in [5.41, 5.74) is 42.1. The number of aromatic nitrogens is 20. The van der Waals surface area contributed by atoms with Crippen LogP contribution in [0, 0.1) is 51.9 Å². The largest absolute Gasteiger partial charge is 0.465 e. The molecule has 0 aliphatic carbocycles. The highest BCUT2D eigenvalue weighted by Crippen LogP contribution is 2.38. The van der Waals surface area contributed by atoms with E-state index in [-0.39, 0.29) is 41.8 Å². The van der Waals surface area contributed by atoms with E-state index in [9.17, 15) is 4.79 Å². The molecule has 0 radical (unpaired) electrons. The molecule has 0 fully saturated rings. The summed E-state index contributed by atoms with van der Waals surface area (Å²) in [5, 5.41) is 86.9. The van der Waals surface area contributed by atoms with E-state index in [4.69, 9.17) is 210 Å². The lowest BCUT2D eigenvalue weighted by molar-refractivity contribution is -0.141. The number of halogens is 13. The molecule has 18 aromatic rings. The van der Waals surface area contributed by atoms with Gasteiger partial charge >= 0.3 is 5.97 Å². The van der Waals surface area contributed by atoms with Crippen molar-refractivity contribution in [2.24, 2.45) is 5.16 Å². The van der Waals surface area contributed by atoms with Crippen LogP contribution in [0.25, 0.3) is 106 Å². The van der Waals surface area contributed by atoms with Crippen LogP contribution < -0.4 is 28.7 Å². The molecule has 0 unspecified atom stereocenters. The van der Waals surface area contributed by atoms with Gasteiger partial charge in [-0.3, -0.25) is 4.79 Å². The number of nitrogen functional groups attached to an aromatic ring is 5. The number of anilines is 5. The van der Waals surface area contributed by atoms with Gasteiger partial charge in [-0.15, -0.1) is 10.2 Å². The fourth-order valence-electron chi connectivity index (χ4n) is 11.2. The van der Waals surface area contributed by atoms with E-state index in [1.807, 2.05) is 75.9 Å². The molecule has 0 aliphatic rings. The second kappa shape index (κ2) is 45.2. The summed E-state index contributed by atoms with van der Waals surface area (Å²) >= 11 is 74.3. The number of esters is 1. The number of aromatic amines is 4. The first-order valence-corrected chi connectivity index (χ1v) is 42.0. The predicted molar refractivity (Wildman–Crippen MR) is 501 cm³/mol. The van der Waals surface area contributed by atoms with E-state index in [1.54, 1.807) is 91.9 Å². The van der Waals surface area contributed by atoms with E-state index < -0.39 is 5.97 Å². The highest BCUT2D eigenvalue weighted by Gasteiger charge is 2.24. The Labute approximate surface area is 800 Å². The number of tetrazole rings is 1. The monoisotopic (exact) mass is 2040 g/mol. The van der Waals surface area contributed by atoms with Gasteiger partial charge in [-0.1, -0.05) is 221 Å². The maximum atomic E-state index is 10.2. The molecule has 656 valence electrons. The lowest BCUT2D eigenvalue weighted by Gasteiger charge is -2.09. The number of alkyl halides is 1. The Morgan fingerprint density at radius 1 is 0.523 bits per heavy atom. The molecule has 0 saturated carbocycles. The third-order valence-corrected chi connectivity index (χ3v) is 22.2. The molecule has 130 heavy (non-hydrogen) atoms. The van der Waals surface area contributed by atoms with Crippen molar-refractivity contribution in [3.05, 3.63) is 251 Å². The number of nitrogens with one attached hydrogen (secondary N) is 4. The Morgan fingerprint density at radius 3 is 1.38 bits per heavy atom. The smallest absolute Gasteiger partial charge is 0.320 e. The number of H-pyrrole nitrogens is 4. The molecule has 0 bridgehead atoms. The number of imidazole rings is 5. The van der Waals surface area contributed by atoms with Crippen molar-refractivity contribution in [3.63, 3.8) is 0 Å². The van der Waals surface area contributed by atoms with Crippen LogP contribution in [-0.4, -0.2) is 124 Å². The number of ether oxygens (including phenoxy) is 1. The quantitative estimate of drug-likeness (QED) is 0.00974. The van der Waals surface area contributed by atoms with Crippen molar-refractivity contribution in [2.45, 2.75) is 38.2 Å². The summed E-state index contributed by atoms with van der Waals surface area (Å²) in [4.78, 5) is 44.1. The highest BCUT2D eigenvalue weighted by molar-refractivity contribution is 9.08. The van der Waals surface area contributed by atoms with Crippen LogP contribution in [0.1, 0.15) is 47.2 Å². The molecular weight excluding hydrogens is 2000 g/mol. The van der Waals surface area contributed by atoms with Crippen LogP contribution in [0.15, 0.2) is 165 Å². The second-order valence-electron chi connectivity index (χ2n) is 25.8. The number of benzene rings is 9. The van der Waals surface area contributed by atoms with Gasteiger partial charge in [0.2, 0.25) is 11.5 Å². The molecule has 0 atom stereocenters. The summed E-state index contributed by atoms with van der Waals surface area (Å²) in [5.74, 6) is 2.76. The third kappa shape index (κ3) is 24.5. The topological polar surface area (TPSA) is 581 Å². The summed E-state index contributed by atoms with van der Waals surface area (Å²) in [6.45, 7) is 10.1. The minimum atomic E-state index is -0.449. The van der Waals surface area contributed by atoms with Crippen LogP contribution in [0.5, 0.6) is 0 Å². The van der Waals surface area contributed by atoms with Gasteiger partial charge in [-0.25, -0.2) is 43.7 Å². The Morgan fingerprint density at radius 2 is 0.954 bits per heavy atom. The summed E-state index contributed by atoms with van der Waals surface area (Å²) in [6, 6.07) is 49.8. The van der Waals surface area contributed by atoms with Gasteiger partial charge in [-0.2, -0.15) is 26.3 Å². The SMILES string of the molecule is CCOC(=O)CC#N.N#C/C(=N\O)c1nc2cc(Cl)c(Cl)cc2[nH]1.N#CCc1nc2cc(Cl)c(Cl)cc2[nH]1.N#Cc1ccc(CBr)cc1.Nc1cc(Cl)c(Cl)cc1N.Nc1nonc1-c1nc2cc(Cl)c(Cl)cc2[nH]1.Nc1nonc1-c1nc2cc(Cl)c(Cl)cc2n1Cc1ccc(-c2nn[nH]n2)cc1.[C-]#[N+]c1ccc(Cn2c(-c3nonc3N)nc3cc(Cl)c(Cl)cc32)cc1. The molecule has 9 aromatic heterocycles. The van der Waals surface area contributed by atoms with Gasteiger partial charge in [0.1, 0.15) is 18.3 Å². The number of rotatable bonds is 13. The summed E-state index contributed by atoms with van der Waals surface area (Å²) in [7, 11) is 0.